The molecule has 0 amide bonds. The van der Waals surface area contributed by atoms with Gasteiger partial charge in [-0.15, -0.1) is 0 Å². The van der Waals surface area contributed by atoms with Crippen molar-refractivity contribution in [2.24, 2.45) is 0 Å². The van der Waals surface area contributed by atoms with E-state index >= 15 is 0 Å². The minimum Gasteiger partial charge on any atom is -0.463 e. The lowest BCUT2D eigenvalue weighted by atomic mass is 10.0. The molecule has 1 aromatic rings. The molecule has 0 N–H and O–H groups in total. The number of benzene rings is 1. The third-order valence-corrected chi connectivity index (χ3v) is 3.09. The van der Waals surface area contributed by atoms with E-state index in [0.29, 0.717) is 6.61 Å². The van der Waals surface area contributed by atoms with E-state index in [1.165, 1.54) is 0 Å². The van der Waals surface area contributed by atoms with E-state index in [-0.39, 0.29) is 5.97 Å². The summed E-state index contributed by atoms with van der Waals surface area (Å²) < 4.78 is 5.12. The lowest BCUT2D eigenvalue weighted by Gasteiger charge is -2.12. The van der Waals surface area contributed by atoms with Crippen molar-refractivity contribution in [1.82, 2.24) is 0 Å². The molecule has 20 heavy (non-hydrogen) atoms. The molecule has 0 heterocycles. The van der Waals surface area contributed by atoms with E-state index in [2.05, 4.69) is 24.0 Å². The molecule has 0 atom stereocenters. The van der Waals surface area contributed by atoms with Gasteiger partial charge in [-0.3, -0.25) is 0 Å². The second-order valence-corrected chi connectivity index (χ2v) is 4.98. The highest BCUT2D eigenvalue weighted by Gasteiger charge is 2.10. The van der Waals surface area contributed by atoms with Crippen LogP contribution < -0.4 is 4.90 Å². The van der Waals surface area contributed by atoms with Crippen LogP contribution in [0.15, 0.2) is 29.8 Å². The summed E-state index contributed by atoms with van der Waals surface area (Å²) in [7, 11) is 4.02. The number of hydrogen-bond donors (Lipinski definition) is 0. The summed E-state index contributed by atoms with van der Waals surface area (Å²) in [5, 5.41) is 0. The van der Waals surface area contributed by atoms with Crippen molar-refractivity contribution in [3.8, 4) is 0 Å². The SMILES string of the molecule is CCCCC(=Cc1ccc(N(C)C)cc1)C(=O)OCC. The topological polar surface area (TPSA) is 29.5 Å². The van der Waals surface area contributed by atoms with Gasteiger partial charge in [0.2, 0.25) is 0 Å². The Bertz CT molecular complexity index is 447. The van der Waals surface area contributed by atoms with Crippen molar-refractivity contribution in [3.63, 3.8) is 0 Å². The molecule has 0 fully saturated rings. The number of unbranched alkanes of at least 4 members (excludes halogenated alkanes) is 1. The van der Waals surface area contributed by atoms with E-state index in [0.717, 1.165) is 36.1 Å². The zero-order chi connectivity index (χ0) is 15.0. The Balaban J connectivity index is 2.90. The predicted octanol–water partition coefficient (Wildman–Crippen LogP) is 3.89. The van der Waals surface area contributed by atoms with E-state index in [9.17, 15) is 4.79 Å². The van der Waals surface area contributed by atoms with E-state index < -0.39 is 0 Å². The van der Waals surface area contributed by atoms with E-state index in [4.69, 9.17) is 4.74 Å². The highest BCUT2D eigenvalue weighted by atomic mass is 16.5. The van der Waals surface area contributed by atoms with Crippen molar-refractivity contribution in [1.29, 1.82) is 0 Å². The monoisotopic (exact) mass is 275 g/mol. The first kappa shape index (κ1) is 16.3. The van der Waals surface area contributed by atoms with Gasteiger partial charge in [-0.05, 0) is 43.5 Å². The largest absolute Gasteiger partial charge is 0.463 e. The van der Waals surface area contributed by atoms with Gasteiger partial charge in [0.15, 0.2) is 0 Å². The van der Waals surface area contributed by atoms with Crippen LogP contribution >= 0.6 is 0 Å². The summed E-state index contributed by atoms with van der Waals surface area (Å²) in [6.45, 7) is 4.37. The summed E-state index contributed by atoms with van der Waals surface area (Å²) >= 11 is 0. The molecule has 0 spiro atoms. The van der Waals surface area contributed by atoms with Gasteiger partial charge in [0.25, 0.3) is 0 Å². The van der Waals surface area contributed by atoms with Crippen molar-refractivity contribution in [2.75, 3.05) is 25.6 Å². The first-order chi connectivity index (χ1) is 9.58. The summed E-state index contributed by atoms with van der Waals surface area (Å²) in [6.07, 6.45) is 4.77. The molecule has 0 saturated carbocycles. The molecule has 0 aromatic heterocycles. The van der Waals surface area contributed by atoms with Crippen LogP contribution in [-0.2, 0) is 9.53 Å². The number of carbonyl (C=O) groups excluding carboxylic acids is 1. The fourth-order valence-corrected chi connectivity index (χ4v) is 1.89. The van der Waals surface area contributed by atoms with E-state index in [1.807, 2.05) is 39.2 Å². The van der Waals surface area contributed by atoms with Crippen LogP contribution in [0.2, 0.25) is 0 Å². The van der Waals surface area contributed by atoms with Gasteiger partial charge in [0.1, 0.15) is 0 Å². The number of esters is 1. The zero-order valence-corrected chi connectivity index (χ0v) is 13.0. The van der Waals surface area contributed by atoms with Gasteiger partial charge < -0.3 is 9.64 Å². The maximum atomic E-state index is 11.9. The van der Waals surface area contributed by atoms with Crippen LogP contribution in [-0.4, -0.2) is 26.7 Å². The minimum absolute atomic E-state index is 0.197. The highest BCUT2D eigenvalue weighted by molar-refractivity contribution is 5.93. The Morgan fingerprint density at radius 1 is 1.20 bits per heavy atom. The molecule has 3 heteroatoms. The van der Waals surface area contributed by atoms with Gasteiger partial charge in [-0.25, -0.2) is 4.79 Å². The average molecular weight is 275 g/mol. The van der Waals surface area contributed by atoms with Crippen LogP contribution in [0.5, 0.6) is 0 Å². The second kappa shape index (κ2) is 8.41. The maximum Gasteiger partial charge on any atom is 0.334 e. The molecule has 0 aliphatic carbocycles. The van der Waals surface area contributed by atoms with Crippen molar-refractivity contribution in [3.05, 3.63) is 35.4 Å². The molecule has 110 valence electrons. The van der Waals surface area contributed by atoms with Crippen molar-refractivity contribution >= 4 is 17.7 Å². The lowest BCUT2D eigenvalue weighted by molar-refractivity contribution is -0.138. The lowest BCUT2D eigenvalue weighted by Crippen LogP contribution is -2.08. The van der Waals surface area contributed by atoms with Gasteiger partial charge in [0, 0.05) is 25.4 Å². The molecule has 0 aliphatic rings. The molecular formula is C17H25NO2. The first-order valence-electron chi connectivity index (χ1n) is 7.23. The quantitative estimate of drug-likeness (QED) is 0.558. The van der Waals surface area contributed by atoms with Gasteiger partial charge in [0.05, 0.1) is 6.61 Å². The van der Waals surface area contributed by atoms with Crippen molar-refractivity contribution < 1.29 is 9.53 Å². The van der Waals surface area contributed by atoms with Gasteiger partial charge in [-0.1, -0.05) is 25.5 Å². The Kier molecular flexibility index (Phi) is 6.85. The fraction of sp³-hybridized carbons (Fsp3) is 0.471. The number of anilines is 1. The van der Waals surface area contributed by atoms with E-state index in [1.54, 1.807) is 0 Å². The number of ether oxygens (including phenoxy) is 1. The second-order valence-electron chi connectivity index (χ2n) is 4.98. The third-order valence-electron chi connectivity index (χ3n) is 3.09. The Morgan fingerprint density at radius 2 is 1.85 bits per heavy atom. The number of nitrogens with zero attached hydrogens (tertiary/aromatic N) is 1. The highest BCUT2D eigenvalue weighted by Crippen LogP contribution is 2.18. The van der Waals surface area contributed by atoms with Crippen LogP contribution in [0, 0.1) is 0 Å². The van der Waals surface area contributed by atoms with Gasteiger partial charge in [-0.2, -0.15) is 0 Å². The smallest absolute Gasteiger partial charge is 0.334 e. The molecule has 1 aromatic carbocycles. The maximum absolute atomic E-state index is 11.9. The Morgan fingerprint density at radius 3 is 2.35 bits per heavy atom. The number of carbonyl (C=O) groups is 1. The molecule has 3 nitrogen and oxygen atoms in total. The van der Waals surface area contributed by atoms with Crippen molar-refractivity contribution in [2.45, 2.75) is 33.1 Å². The zero-order valence-electron chi connectivity index (χ0n) is 13.0. The molecule has 0 bridgehead atoms. The molecule has 1 rings (SSSR count). The summed E-state index contributed by atoms with van der Waals surface area (Å²) in [5.41, 5.74) is 2.94. The summed E-state index contributed by atoms with van der Waals surface area (Å²) in [6, 6.07) is 8.16. The van der Waals surface area contributed by atoms with Crippen LogP contribution in [0.1, 0.15) is 38.7 Å². The Labute approximate surface area is 122 Å². The summed E-state index contributed by atoms with van der Waals surface area (Å²) in [5.74, 6) is -0.197. The first-order valence-corrected chi connectivity index (χ1v) is 7.23. The predicted molar refractivity (Wildman–Crippen MR) is 84.9 cm³/mol. The average Bonchev–Trinajstić information content (AvgIpc) is 2.44. The number of rotatable bonds is 7. The standard InChI is InChI=1S/C17H25NO2/c1-5-7-8-15(17(19)20-6-2)13-14-9-11-16(12-10-14)18(3)4/h9-13H,5-8H2,1-4H3. The normalized spacial score (nSPS) is 11.3. The molecular weight excluding hydrogens is 250 g/mol. The van der Waals surface area contributed by atoms with Crippen LogP contribution in [0.3, 0.4) is 0 Å². The molecule has 0 unspecified atom stereocenters. The van der Waals surface area contributed by atoms with Gasteiger partial charge >= 0.3 is 5.97 Å². The number of hydrogen-bond acceptors (Lipinski definition) is 3. The fourth-order valence-electron chi connectivity index (χ4n) is 1.89. The Hall–Kier alpha value is -1.77. The third kappa shape index (κ3) is 5.08. The minimum atomic E-state index is -0.197. The molecule has 0 aliphatic heterocycles. The van der Waals surface area contributed by atoms with Crippen LogP contribution in [0.25, 0.3) is 6.08 Å². The summed E-state index contributed by atoms with van der Waals surface area (Å²) in [4.78, 5) is 14.0. The molecule has 0 saturated heterocycles. The van der Waals surface area contributed by atoms with Crippen LogP contribution in [0.4, 0.5) is 5.69 Å². The molecule has 0 radical (unpaired) electrons.